The van der Waals surface area contributed by atoms with Crippen molar-refractivity contribution in [2.24, 2.45) is 12.1 Å². The number of pyridine rings is 1. The number of hydrazone groups is 1. The van der Waals surface area contributed by atoms with E-state index in [0.717, 1.165) is 50.9 Å². The van der Waals surface area contributed by atoms with Gasteiger partial charge in [-0.15, -0.1) is 0 Å². The van der Waals surface area contributed by atoms with Crippen molar-refractivity contribution in [3.63, 3.8) is 0 Å². The van der Waals surface area contributed by atoms with Crippen LogP contribution < -0.4 is 4.67 Å². The summed E-state index contributed by atoms with van der Waals surface area (Å²) in [5.41, 5.74) is 4.36. The molecule has 26 heavy (non-hydrogen) atoms. The molecule has 0 fully saturated rings. The van der Waals surface area contributed by atoms with Gasteiger partial charge in [-0.2, -0.15) is 5.10 Å². The zero-order valence-corrected chi connectivity index (χ0v) is 15.4. The average molecular weight is 361 g/mol. The molecular weight excluding hydrogens is 344 g/mol. The van der Waals surface area contributed by atoms with Crippen LogP contribution in [0.5, 0.6) is 0 Å². The van der Waals surface area contributed by atoms with Crippen LogP contribution in [-0.4, -0.2) is 35.8 Å². The molecule has 0 spiro atoms. The van der Waals surface area contributed by atoms with Crippen molar-refractivity contribution >= 4 is 38.7 Å². The van der Waals surface area contributed by atoms with E-state index in [1.807, 2.05) is 30.6 Å². The van der Waals surface area contributed by atoms with Crippen LogP contribution in [0.4, 0.5) is 0 Å². The van der Waals surface area contributed by atoms with E-state index in [2.05, 4.69) is 51.0 Å². The minimum atomic E-state index is 0.775. The zero-order valence-electron chi connectivity index (χ0n) is 14.5. The molecule has 0 unspecified atom stereocenters. The minimum Gasteiger partial charge on any atom is -0.275 e. The lowest BCUT2D eigenvalue weighted by Gasteiger charge is -2.11. The van der Waals surface area contributed by atoms with Crippen molar-refractivity contribution in [1.29, 1.82) is 0 Å². The summed E-state index contributed by atoms with van der Waals surface area (Å²) in [6.45, 7) is 2.12. The molecule has 1 aromatic carbocycles. The molecule has 2 aromatic heterocycles. The van der Waals surface area contributed by atoms with Gasteiger partial charge >= 0.3 is 11.0 Å². The summed E-state index contributed by atoms with van der Waals surface area (Å²) in [6, 6.07) is 8.55. The fraction of sp³-hybridized carbons (Fsp3) is 0.211. The molecule has 0 bridgehead atoms. The Hall–Kier alpha value is -2.89. The van der Waals surface area contributed by atoms with Crippen molar-refractivity contribution < 1.29 is 0 Å². The minimum absolute atomic E-state index is 0.775. The summed E-state index contributed by atoms with van der Waals surface area (Å²) >= 11 is 1.67. The molecule has 2 aliphatic heterocycles. The topological polar surface area (TPSA) is 60.4 Å². The molecule has 0 amide bonds. The highest BCUT2D eigenvalue weighted by Crippen LogP contribution is 2.26. The molecule has 0 saturated carbocycles. The Labute approximate surface area is 155 Å². The first-order valence-electron chi connectivity index (χ1n) is 8.57. The summed E-state index contributed by atoms with van der Waals surface area (Å²) in [6.07, 6.45) is 7.49. The average Bonchev–Trinajstić information content (AvgIpc) is 3.22. The number of hydrogen-bond donors (Lipinski definition) is 0. The second-order valence-corrected chi connectivity index (χ2v) is 7.44. The molecule has 0 atom stereocenters. The summed E-state index contributed by atoms with van der Waals surface area (Å²) in [7, 11) is 1.92. The molecule has 0 saturated heterocycles. The summed E-state index contributed by atoms with van der Waals surface area (Å²) in [5.74, 6) is 1.01. The van der Waals surface area contributed by atoms with Gasteiger partial charge in [0.05, 0.1) is 18.1 Å². The third kappa shape index (κ3) is 2.53. The number of nitrogens with zero attached hydrogens (tertiary/aromatic N) is 6. The number of rotatable bonds is 4. The highest BCUT2D eigenvalue weighted by Gasteiger charge is 2.41. The first kappa shape index (κ1) is 15.4. The third-order valence-electron chi connectivity index (χ3n) is 4.52. The Balaban J connectivity index is 1.45. The number of amidine groups is 2. The lowest BCUT2D eigenvalue weighted by molar-refractivity contribution is 0.632. The Morgan fingerprint density at radius 2 is 2.08 bits per heavy atom. The van der Waals surface area contributed by atoms with Crippen LogP contribution in [0, 0.1) is 0 Å². The summed E-state index contributed by atoms with van der Waals surface area (Å²) < 4.78 is 6.41. The van der Waals surface area contributed by atoms with Crippen LogP contribution in [0.1, 0.15) is 18.9 Å². The lowest BCUT2D eigenvalue weighted by Crippen LogP contribution is -2.41. The molecule has 0 radical (unpaired) electrons. The van der Waals surface area contributed by atoms with Crippen LogP contribution in [0.2, 0.25) is 0 Å². The number of aryl methyl sites for hydroxylation is 1. The van der Waals surface area contributed by atoms with E-state index < -0.39 is 0 Å². The molecule has 4 heterocycles. The monoisotopic (exact) mass is 361 g/mol. The van der Waals surface area contributed by atoms with Crippen molar-refractivity contribution in [2.45, 2.75) is 19.8 Å². The predicted octanol–water partition coefficient (Wildman–Crippen LogP) is 2.79. The fourth-order valence-corrected chi connectivity index (χ4v) is 3.99. The number of hydrogen-bond acceptors (Lipinski definition) is 5. The molecule has 3 aromatic rings. The first-order valence-corrected chi connectivity index (χ1v) is 9.39. The molecule has 7 heteroatoms. The lowest BCUT2D eigenvalue weighted by atomic mass is 10.0. The van der Waals surface area contributed by atoms with Gasteiger partial charge in [0.1, 0.15) is 5.04 Å². The smallest absolute Gasteiger partial charge is 0.275 e. The van der Waals surface area contributed by atoms with E-state index in [-0.39, 0.29) is 0 Å². The van der Waals surface area contributed by atoms with E-state index in [1.54, 1.807) is 16.4 Å². The van der Waals surface area contributed by atoms with Gasteiger partial charge in [0, 0.05) is 47.7 Å². The highest BCUT2D eigenvalue weighted by molar-refractivity contribution is 8.26. The van der Waals surface area contributed by atoms with Crippen molar-refractivity contribution in [3.8, 4) is 11.1 Å². The van der Waals surface area contributed by atoms with Gasteiger partial charge in [0.2, 0.25) is 0 Å². The molecular formula is C19H17N6S+. The summed E-state index contributed by atoms with van der Waals surface area (Å²) in [5, 5.41) is 14.1. The van der Waals surface area contributed by atoms with E-state index >= 15 is 0 Å². The highest BCUT2D eigenvalue weighted by atomic mass is 32.2. The number of thioether (sulfide) groups is 1. The number of benzene rings is 1. The predicted molar refractivity (Wildman–Crippen MR) is 107 cm³/mol. The second kappa shape index (κ2) is 5.83. The molecule has 5 rings (SSSR count). The molecule has 6 nitrogen and oxygen atoms in total. The van der Waals surface area contributed by atoms with Gasteiger partial charge in [0.15, 0.2) is 0 Å². The Kier molecular flexibility index (Phi) is 3.45. The second-order valence-electron chi connectivity index (χ2n) is 6.40. The van der Waals surface area contributed by atoms with Crippen molar-refractivity contribution in [2.75, 3.05) is 0 Å². The van der Waals surface area contributed by atoms with Crippen LogP contribution in [0.25, 0.3) is 22.0 Å². The SMILES string of the molecule is CCC1=NN2C(Cc3ccc4ncc(-c5cnn(C)c5)cc4c3)=[N+]=C2S1. The molecule has 0 aliphatic carbocycles. The van der Waals surface area contributed by atoms with Crippen LogP contribution in [0.3, 0.4) is 0 Å². The van der Waals surface area contributed by atoms with E-state index in [1.165, 1.54) is 5.56 Å². The molecule has 0 N–H and O–H groups in total. The van der Waals surface area contributed by atoms with Crippen LogP contribution in [0.15, 0.2) is 48.0 Å². The Bertz CT molecular complexity index is 1140. The first-order chi connectivity index (χ1) is 12.7. The Morgan fingerprint density at radius 3 is 2.88 bits per heavy atom. The molecule has 128 valence electrons. The summed E-state index contributed by atoms with van der Waals surface area (Å²) in [4.78, 5) is 4.59. The van der Waals surface area contributed by atoms with Gasteiger partial charge in [-0.25, -0.2) is 4.67 Å². The van der Waals surface area contributed by atoms with E-state index in [9.17, 15) is 0 Å². The molecule has 2 aliphatic rings. The van der Waals surface area contributed by atoms with Crippen LogP contribution >= 0.6 is 11.8 Å². The van der Waals surface area contributed by atoms with E-state index in [4.69, 9.17) is 0 Å². The van der Waals surface area contributed by atoms with Crippen molar-refractivity contribution in [1.82, 2.24) is 24.4 Å². The van der Waals surface area contributed by atoms with Gasteiger partial charge in [-0.3, -0.25) is 9.67 Å². The van der Waals surface area contributed by atoms with E-state index in [0.29, 0.717) is 0 Å². The third-order valence-corrected chi connectivity index (χ3v) is 5.57. The fourth-order valence-electron chi connectivity index (χ4n) is 3.13. The Morgan fingerprint density at radius 1 is 1.15 bits per heavy atom. The van der Waals surface area contributed by atoms with Gasteiger partial charge < -0.3 is 0 Å². The maximum atomic E-state index is 4.61. The van der Waals surface area contributed by atoms with Gasteiger partial charge in [-0.1, -0.05) is 23.1 Å². The zero-order chi connectivity index (χ0) is 17.7. The standard InChI is InChI=1S/C19H17N6S/c1-3-18-23-25-17(22-19(25)26-18)7-12-4-5-16-13(6-12)8-14(9-20-16)15-10-21-24(2)11-15/h4-6,8-11H,3,7H2,1-2H3/q+1. The maximum absolute atomic E-state index is 4.61. The number of fused-ring (bicyclic) bond motifs is 2. The number of aromatic nitrogens is 3. The quantitative estimate of drug-likeness (QED) is 0.671. The maximum Gasteiger partial charge on any atom is 0.385 e. The van der Waals surface area contributed by atoms with Gasteiger partial charge in [-0.05, 0) is 30.2 Å². The van der Waals surface area contributed by atoms with Gasteiger partial charge in [0.25, 0.3) is 0 Å². The van der Waals surface area contributed by atoms with Crippen molar-refractivity contribution in [3.05, 3.63) is 48.4 Å². The largest absolute Gasteiger partial charge is 0.385 e. The normalized spacial score (nSPS) is 15.5. The van der Waals surface area contributed by atoms with Crippen LogP contribution in [-0.2, 0) is 13.5 Å².